The number of imidazole rings is 1. The van der Waals surface area contributed by atoms with Crippen molar-refractivity contribution >= 4 is 17.6 Å². The quantitative estimate of drug-likeness (QED) is 0.517. The Balaban J connectivity index is 1.66. The van der Waals surface area contributed by atoms with Crippen LogP contribution >= 0.6 is 0 Å². The highest BCUT2D eigenvalue weighted by atomic mass is 19.1. The fourth-order valence-electron chi connectivity index (χ4n) is 2.77. The Morgan fingerprint density at radius 3 is 2.55 bits per heavy atom. The third kappa shape index (κ3) is 4.52. The predicted octanol–water partition coefficient (Wildman–Crippen LogP) is 3.82. The molecule has 0 spiro atoms. The molecule has 0 aliphatic carbocycles. The Hall–Kier alpha value is -3.88. The molecule has 2 N–H and O–H groups in total. The lowest BCUT2D eigenvalue weighted by molar-refractivity contribution is 0.626. The number of nitrogens with zero attached hydrogens (tertiary/aromatic N) is 6. The highest BCUT2D eigenvalue weighted by molar-refractivity contribution is 5.55. The van der Waals surface area contributed by atoms with Crippen molar-refractivity contribution in [1.29, 1.82) is 0 Å². The van der Waals surface area contributed by atoms with Gasteiger partial charge in [0.1, 0.15) is 29.6 Å². The van der Waals surface area contributed by atoms with E-state index in [1.165, 1.54) is 12.1 Å². The first-order valence-corrected chi connectivity index (χ1v) is 9.02. The molecule has 9 heteroatoms. The molecule has 4 rings (SSSR count). The van der Waals surface area contributed by atoms with Gasteiger partial charge in [0.2, 0.25) is 5.95 Å². The van der Waals surface area contributed by atoms with E-state index < -0.39 is 0 Å². The summed E-state index contributed by atoms with van der Waals surface area (Å²) in [5, 5.41) is 6.40. The smallest absolute Gasteiger partial charge is 0.227 e. The number of anilines is 3. The summed E-state index contributed by atoms with van der Waals surface area (Å²) in [6, 6.07) is 7.99. The van der Waals surface area contributed by atoms with E-state index in [-0.39, 0.29) is 11.9 Å². The molecule has 0 radical (unpaired) electrons. The molecule has 0 saturated carbocycles. The van der Waals surface area contributed by atoms with Gasteiger partial charge in [0.05, 0.1) is 17.9 Å². The van der Waals surface area contributed by atoms with Crippen molar-refractivity contribution in [1.82, 2.24) is 29.5 Å². The zero-order valence-electron chi connectivity index (χ0n) is 15.9. The zero-order valence-corrected chi connectivity index (χ0v) is 15.9. The molecule has 29 heavy (non-hydrogen) atoms. The molecule has 3 aromatic heterocycles. The van der Waals surface area contributed by atoms with Gasteiger partial charge in [-0.05, 0) is 31.5 Å². The molecule has 0 unspecified atom stereocenters. The van der Waals surface area contributed by atoms with Crippen LogP contribution in [0.5, 0.6) is 0 Å². The molecule has 4 aromatic rings. The third-order valence-corrected chi connectivity index (χ3v) is 4.22. The van der Waals surface area contributed by atoms with E-state index >= 15 is 0 Å². The van der Waals surface area contributed by atoms with Crippen LogP contribution in [0.3, 0.4) is 0 Å². The van der Waals surface area contributed by atoms with Crippen LogP contribution in [0.2, 0.25) is 0 Å². The Bertz CT molecular complexity index is 1100. The molecule has 0 fully saturated rings. The Kier molecular flexibility index (Phi) is 5.10. The maximum atomic E-state index is 13.2. The van der Waals surface area contributed by atoms with E-state index in [0.717, 1.165) is 11.3 Å². The van der Waals surface area contributed by atoms with Crippen LogP contribution in [0.15, 0.2) is 61.4 Å². The molecule has 0 amide bonds. The summed E-state index contributed by atoms with van der Waals surface area (Å²) in [5.74, 6) is 1.90. The van der Waals surface area contributed by atoms with Crippen LogP contribution in [-0.2, 0) is 0 Å². The van der Waals surface area contributed by atoms with Crippen molar-refractivity contribution in [2.75, 3.05) is 10.6 Å². The lowest BCUT2D eigenvalue weighted by Gasteiger charge is -2.16. The summed E-state index contributed by atoms with van der Waals surface area (Å²) in [6.45, 7) is 3.87. The normalized spacial score (nSPS) is 11.8. The van der Waals surface area contributed by atoms with Crippen LogP contribution in [0, 0.1) is 12.7 Å². The van der Waals surface area contributed by atoms with Gasteiger partial charge in [-0.25, -0.2) is 14.4 Å². The first-order valence-electron chi connectivity index (χ1n) is 9.02. The minimum absolute atomic E-state index is 0.125. The van der Waals surface area contributed by atoms with Crippen LogP contribution in [0.4, 0.5) is 22.0 Å². The number of hydrogen-bond donors (Lipinski definition) is 2. The van der Waals surface area contributed by atoms with Gasteiger partial charge in [0.15, 0.2) is 0 Å². The number of nitrogens with one attached hydrogen (secondary N) is 2. The molecule has 146 valence electrons. The van der Waals surface area contributed by atoms with E-state index in [1.54, 1.807) is 43.1 Å². The summed E-state index contributed by atoms with van der Waals surface area (Å²) >= 11 is 0. The van der Waals surface area contributed by atoms with Gasteiger partial charge in [0, 0.05) is 24.7 Å². The van der Waals surface area contributed by atoms with Crippen molar-refractivity contribution in [3.8, 4) is 5.82 Å². The van der Waals surface area contributed by atoms with Gasteiger partial charge >= 0.3 is 0 Å². The number of aryl methyl sites for hydroxylation is 1. The Morgan fingerprint density at radius 2 is 1.86 bits per heavy atom. The maximum absolute atomic E-state index is 13.2. The second-order valence-corrected chi connectivity index (χ2v) is 6.49. The molecule has 0 aliphatic rings. The third-order valence-electron chi connectivity index (χ3n) is 4.22. The van der Waals surface area contributed by atoms with Gasteiger partial charge in [0.25, 0.3) is 0 Å². The maximum Gasteiger partial charge on any atom is 0.227 e. The van der Waals surface area contributed by atoms with Crippen molar-refractivity contribution in [2.24, 2.45) is 0 Å². The molecule has 0 bridgehead atoms. The number of aromatic nitrogens is 6. The average Bonchev–Trinajstić information content (AvgIpc) is 3.15. The SMILES string of the molecule is Cc1cn(-c2cc(Nc3cnccn3)nc(N[C@@H](C)c3ccc(F)cc3)n2)cn1. The zero-order chi connectivity index (χ0) is 20.2. The molecule has 1 atom stereocenters. The summed E-state index contributed by atoms with van der Waals surface area (Å²) in [7, 11) is 0. The van der Waals surface area contributed by atoms with Crippen LogP contribution < -0.4 is 10.6 Å². The van der Waals surface area contributed by atoms with Gasteiger partial charge in [-0.15, -0.1) is 0 Å². The summed E-state index contributed by atoms with van der Waals surface area (Å²) in [5.41, 5.74) is 1.79. The number of hydrogen-bond acceptors (Lipinski definition) is 7. The van der Waals surface area contributed by atoms with Gasteiger partial charge in [-0.3, -0.25) is 9.55 Å². The van der Waals surface area contributed by atoms with E-state index in [0.29, 0.717) is 23.4 Å². The largest absolute Gasteiger partial charge is 0.348 e. The highest BCUT2D eigenvalue weighted by Gasteiger charge is 2.12. The Morgan fingerprint density at radius 1 is 1.03 bits per heavy atom. The van der Waals surface area contributed by atoms with E-state index in [1.807, 2.05) is 24.6 Å². The van der Waals surface area contributed by atoms with Gasteiger partial charge in [-0.2, -0.15) is 9.97 Å². The average molecular weight is 390 g/mol. The number of rotatable bonds is 6. The molecule has 1 aromatic carbocycles. The monoisotopic (exact) mass is 390 g/mol. The minimum atomic E-state index is -0.273. The van der Waals surface area contributed by atoms with E-state index in [2.05, 4.69) is 35.6 Å². The molecule has 0 aliphatic heterocycles. The predicted molar refractivity (Wildman–Crippen MR) is 108 cm³/mol. The van der Waals surface area contributed by atoms with Crippen molar-refractivity contribution in [3.63, 3.8) is 0 Å². The van der Waals surface area contributed by atoms with Crippen molar-refractivity contribution in [2.45, 2.75) is 19.9 Å². The van der Waals surface area contributed by atoms with Crippen LogP contribution in [0.1, 0.15) is 24.2 Å². The fourth-order valence-corrected chi connectivity index (χ4v) is 2.77. The Labute approximate surface area is 166 Å². The van der Waals surface area contributed by atoms with Crippen LogP contribution in [-0.4, -0.2) is 29.5 Å². The second-order valence-electron chi connectivity index (χ2n) is 6.49. The lowest BCUT2D eigenvalue weighted by atomic mass is 10.1. The molecule has 0 saturated heterocycles. The topological polar surface area (TPSA) is 93.4 Å². The lowest BCUT2D eigenvalue weighted by Crippen LogP contribution is -2.12. The number of halogens is 1. The summed E-state index contributed by atoms with van der Waals surface area (Å²) in [6.07, 6.45) is 8.37. The fraction of sp³-hybridized carbons (Fsp3) is 0.150. The van der Waals surface area contributed by atoms with Gasteiger partial charge < -0.3 is 10.6 Å². The molecular weight excluding hydrogens is 371 g/mol. The van der Waals surface area contributed by atoms with Crippen molar-refractivity contribution < 1.29 is 4.39 Å². The minimum Gasteiger partial charge on any atom is -0.348 e. The van der Waals surface area contributed by atoms with E-state index in [4.69, 9.17) is 0 Å². The molecular formula is C20H19FN8. The standard InChI is InChI=1S/C20H19FN8/c1-13-11-29(12-24-13)19-9-17(26-18-10-22-7-8-23-18)27-20(28-19)25-14(2)15-3-5-16(21)6-4-15/h3-12,14H,1-2H3,(H2,23,25,26,27,28)/t14-/m0/s1. The molecule has 8 nitrogen and oxygen atoms in total. The molecule has 3 heterocycles. The van der Waals surface area contributed by atoms with E-state index in [9.17, 15) is 4.39 Å². The first kappa shape index (κ1) is 18.5. The van der Waals surface area contributed by atoms with Crippen LogP contribution in [0.25, 0.3) is 5.82 Å². The first-order chi connectivity index (χ1) is 14.1. The highest BCUT2D eigenvalue weighted by Crippen LogP contribution is 2.21. The summed E-state index contributed by atoms with van der Waals surface area (Å²) in [4.78, 5) is 21.7. The number of benzene rings is 1. The second kappa shape index (κ2) is 8.01. The summed E-state index contributed by atoms with van der Waals surface area (Å²) < 4.78 is 15.0. The van der Waals surface area contributed by atoms with Gasteiger partial charge in [-0.1, -0.05) is 12.1 Å². The van der Waals surface area contributed by atoms with Crippen molar-refractivity contribution in [3.05, 3.63) is 78.5 Å².